The summed E-state index contributed by atoms with van der Waals surface area (Å²) in [4.78, 5) is 6.56. The first-order valence-electron chi connectivity index (χ1n) is 8.43. The Labute approximate surface area is 135 Å². The number of unbranched alkanes of at least 4 members (excludes halogenated alkanes) is 4. The lowest BCUT2D eigenvalue weighted by atomic mass is 10.1. The van der Waals surface area contributed by atoms with Gasteiger partial charge in [-0.2, -0.15) is 11.8 Å². The van der Waals surface area contributed by atoms with E-state index in [9.17, 15) is 0 Å². The van der Waals surface area contributed by atoms with Crippen molar-refractivity contribution in [1.82, 2.24) is 15.5 Å². The molecule has 0 amide bonds. The van der Waals surface area contributed by atoms with Crippen molar-refractivity contribution in [2.45, 2.75) is 50.2 Å². The molecule has 0 aromatic heterocycles. The molecule has 5 heteroatoms. The monoisotopic (exact) mass is 314 g/mol. The third kappa shape index (κ3) is 10.0. The standard InChI is InChI=1S/C16H34N4S/c1-17-16(19-14-15-10-9-13-21-15)18-11-7-5-4-6-8-12-20(2)3/h15H,4-14H2,1-3H3,(H2,17,18,19). The molecule has 1 unspecified atom stereocenters. The smallest absolute Gasteiger partial charge is 0.191 e. The van der Waals surface area contributed by atoms with Gasteiger partial charge in [0.15, 0.2) is 5.96 Å². The van der Waals surface area contributed by atoms with Crippen molar-refractivity contribution in [3.05, 3.63) is 0 Å². The van der Waals surface area contributed by atoms with Gasteiger partial charge >= 0.3 is 0 Å². The molecule has 0 aromatic rings. The van der Waals surface area contributed by atoms with E-state index in [4.69, 9.17) is 0 Å². The SMILES string of the molecule is CN=C(NCCCCCCCN(C)C)NCC1CCCS1. The van der Waals surface area contributed by atoms with Gasteiger partial charge in [0, 0.05) is 25.4 Å². The molecule has 1 aliphatic heterocycles. The molecule has 0 aliphatic carbocycles. The Hall–Kier alpha value is -0.420. The van der Waals surface area contributed by atoms with Crippen LogP contribution in [0.2, 0.25) is 0 Å². The van der Waals surface area contributed by atoms with Crippen LogP contribution in [-0.2, 0) is 0 Å². The zero-order chi connectivity index (χ0) is 15.3. The average Bonchev–Trinajstić information content (AvgIpc) is 2.98. The molecule has 2 N–H and O–H groups in total. The molecule has 0 aromatic carbocycles. The van der Waals surface area contributed by atoms with Gasteiger partial charge in [0.1, 0.15) is 0 Å². The third-order valence-corrected chi connectivity index (χ3v) is 5.22. The lowest BCUT2D eigenvalue weighted by Gasteiger charge is -2.14. The molecule has 1 heterocycles. The first-order valence-corrected chi connectivity index (χ1v) is 9.48. The van der Waals surface area contributed by atoms with E-state index < -0.39 is 0 Å². The Morgan fingerprint density at radius 1 is 1.14 bits per heavy atom. The Morgan fingerprint density at radius 2 is 1.90 bits per heavy atom. The maximum Gasteiger partial charge on any atom is 0.191 e. The number of guanidine groups is 1. The number of rotatable bonds is 10. The largest absolute Gasteiger partial charge is 0.356 e. The van der Waals surface area contributed by atoms with Gasteiger partial charge in [-0.3, -0.25) is 4.99 Å². The van der Waals surface area contributed by atoms with Gasteiger partial charge in [0.25, 0.3) is 0 Å². The second-order valence-corrected chi connectivity index (χ2v) is 7.49. The highest BCUT2D eigenvalue weighted by Crippen LogP contribution is 2.25. The molecule has 21 heavy (non-hydrogen) atoms. The summed E-state index contributed by atoms with van der Waals surface area (Å²) in [5.41, 5.74) is 0. The summed E-state index contributed by atoms with van der Waals surface area (Å²) < 4.78 is 0. The molecule has 0 saturated carbocycles. The molecule has 1 rings (SSSR count). The lowest BCUT2D eigenvalue weighted by Crippen LogP contribution is -2.40. The fourth-order valence-electron chi connectivity index (χ4n) is 2.53. The normalized spacial score (nSPS) is 19.2. The Balaban J connectivity index is 1.92. The van der Waals surface area contributed by atoms with Crippen LogP contribution in [0.4, 0.5) is 0 Å². The van der Waals surface area contributed by atoms with Crippen molar-refractivity contribution in [3.63, 3.8) is 0 Å². The van der Waals surface area contributed by atoms with Crippen LogP contribution >= 0.6 is 11.8 Å². The van der Waals surface area contributed by atoms with Gasteiger partial charge in [-0.1, -0.05) is 19.3 Å². The van der Waals surface area contributed by atoms with E-state index in [2.05, 4.69) is 46.4 Å². The topological polar surface area (TPSA) is 39.7 Å². The third-order valence-electron chi connectivity index (χ3n) is 3.82. The Morgan fingerprint density at radius 3 is 2.57 bits per heavy atom. The molecule has 0 spiro atoms. The second-order valence-electron chi connectivity index (χ2n) is 6.09. The van der Waals surface area contributed by atoms with Gasteiger partial charge in [0.05, 0.1) is 0 Å². The average molecular weight is 315 g/mol. The lowest BCUT2D eigenvalue weighted by molar-refractivity contribution is 0.389. The van der Waals surface area contributed by atoms with Crippen molar-refractivity contribution in [3.8, 4) is 0 Å². The number of nitrogens with zero attached hydrogens (tertiary/aromatic N) is 2. The molecule has 1 atom stereocenters. The molecule has 1 fully saturated rings. The van der Waals surface area contributed by atoms with Crippen molar-refractivity contribution < 1.29 is 0 Å². The molecule has 1 saturated heterocycles. The highest BCUT2D eigenvalue weighted by Gasteiger charge is 2.15. The number of hydrogen-bond acceptors (Lipinski definition) is 3. The Bertz CT molecular complexity index is 275. The predicted molar refractivity (Wildman–Crippen MR) is 96.5 cm³/mol. The van der Waals surface area contributed by atoms with E-state index >= 15 is 0 Å². The van der Waals surface area contributed by atoms with E-state index in [0.29, 0.717) is 0 Å². The summed E-state index contributed by atoms with van der Waals surface area (Å²) in [7, 11) is 6.15. The van der Waals surface area contributed by atoms with Crippen LogP contribution in [0.25, 0.3) is 0 Å². The van der Waals surface area contributed by atoms with Crippen LogP contribution < -0.4 is 10.6 Å². The minimum atomic E-state index is 0.778. The van der Waals surface area contributed by atoms with Crippen molar-refractivity contribution in [1.29, 1.82) is 0 Å². The van der Waals surface area contributed by atoms with Crippen LogP contribution in [0, 0.1) is 0 Å². The molecule has 0 radical (unpaired) electrons. The van der Waals surface area contributed by atoms with Crippen molar-refractivity contribution in [2.24, 2.45) is 4.99 Å². The zero-order valence-corrected chi connectivity index (χ0v) is 15.0. The quantitative estimate of drug-likeness (QED) is 0.369. The van der Waals surface area contributed by atoms with Gasteiger partial charge < -0.3 is 15.5 Å². The molecule has 4 nitrogen and oxygen atoms in total. The van der Waals surface area contributed by atoms with Crippen LogP contribution in [0.15, 0.2) is 4.99 Å². The second kappa shape index (κ2) is 12.2. The van der Waals surface area contributed by atoms with E-state index in [0.717, 1.165) is 24.3 Å². The van der Waals surface area contributed by atoms with Gasteiger partial charge in [0.2, 0.25) is 0 Å². The van der Waals surface area contributed by atoms with Crippen molar-refractivity contribution in [2.75, 3.05) is 46.5 Å². The van der Waals surface area contributed by atoms with Gasteiger partial charge in [-0.05, 0) is 52.1 Å². The summed E-state index contributed by atoms with van der Waals surface area (Å²) in [6.07, 6.45) is 9.29. The van der Waals surface area contributed by atoms with Crippen LogP contribution in [0.1, 0.15) is 44.9 Å². The highest BCUT2D eigenvalue weighted by molar-refractivity contribution is 8.00. The fourth-order valence-corrected chi connectivity index (χ4v) is 3.73. The molecular formula is C16H34N4S. The molecular weight excluding hydrogens is 280 g/mol. The van der Waals surface area contributed by atoms with Crippen LogP contribution in [0.5, 0.6) is 0 Å². The predicted octanol–water partition coefficient (Wildman–Crippen LogP) is 2.56. The van der Waals surface area contributed by atoms with Crippen molar-refractivity contribution >= 4 is 17.7 Å². The van der Waals surface area contributed by atoms with E-state index in [1.54, 1.807) is 0 Å². The number of hydrogen-bond donors (Lipinski definition) is 2. The van der Waals surface area contributed by atoms with Gasteiger partial charge in [-0.15, -0.1) is 0 Å². The summed E-state index contributed by atoms with van der Waals surface area (Å²) in [5, 5.41) is 7.65. The maximum atomic E-state index is 4.30. The summed E-state index contributed by atoms with van der Waals surface area (Å²) >= 11 is 2.09. The Kier molecular flexibility index (Phi) is 10.8. The van der Waals surface area contributed by atoms with E-state index in [1.807, 2.05) is 7.05 Å². The van der Waals surface area contributed by atoms with Crippen LogP contribution in [-0.4, -0.2) is 62.6 Å². The molecule has 1 aliphatic rings. The summed E-state index contributed by atoms with van der Waals surface area (Å²) in [5.74, 6) is 2.29. The summed E-state index contributed by atoms with van der Waals surface area (Å²) in [6, 6.07) is 0. The van der Waals surface area contributed by atoms with E-state index in [1.165, 1.54) is 57.2 Å². The number of aliphatic imine (C=N–C) groups is 1. The summed E-state index contributed by atoms with van der Waals surface area (Å²) in [6.45, 7) is 3.30. The zero-order valence-electron chi connectivity index (χ0n) is 14.2. The number of thioether (sulfide) groups is 1. The molecule has 0 bridgehead atoms. The van der Waals surface area contributed by atoms with Crippen LogP contribution in [0.3, 0.4) is 0 Å². The van der Waals surface area contributed by atoms with Gasteiger partial charge in [-0.25, -0.2) is 0 Å². The number of nitrogens with one attached hydrogen (secondary N) is 2. The minimum absolute atomic E-state index is 0.778. The molecule has 124 valence electrons. The minimum Gasteiger partial charge on any atom is -0.356 e. The first kappa shape index (κ1) is 18.6. The first-order chi connectivity index (χ1) is 10.2. The van der Waals surface area contributed by atoms with E-state index in [-0.39, 0.29) is 0 Å². The highest BCUT2D eigenvalue weighted by atomic mass is 32.2. The fraction of sp³-hybridized carbons (Fsp3) is 0.938. The maximum absolute atomic E-state index is 4.30.